The zero-order chi connectivity index (χ0) is 20.2. The maximum absolute atomic E-state index is 13.1. The molecule has 1 atom stereocenters. The van der Waals surface area contributed by atoms with Crippen LogP contribution in [0.1, 0.15) is 18.6 Å². The number of carbonyl (C=O) groups is 2. The van der Waals surface area contributed by atoms with Crippen LogP contribution in [0, 0.1) is 6.92 Å². The van der Waals surface area contributed by atoms with Crippen molar-refractivity contribution in [1.82, 2.24) is 15.0 Å². The van der Waals surface area contributed by atoms with Crippen LogP contribution < -0.4 is 10.2 Å². The number of benzene rings is 1. The molecule has 1 unspecified atom stereocenters. The second-order valence-electron chi connectivity index (χ2n) is 7.67. The fourth-order valence-corrected chi connectivity index (χ4v) is 4.10. The Morgan fingerprint density at radius 3 is 2.62 bits per heavy atom. The molecule has 1 aromatic carbocycles. The predicted octanol–water partition coefficient (Wildman–Crippen LogP) is 1.73. The van der Waals surface area contributed by atoms with Crippen LogP contribution >= 0.6 is 0 Å². The van der Waals surface area contributed by atoms with Gasteiger partial charge in [0, 0.05) is 44.5 Å². The average Bonchev–Trinajstić information content (AvgIpc) is 3.14. The highest BCUT2D eigenvalue weighted by atomic mass is 16.5. The number of piperazine rings is 1. The first kappa shape index (κ1) is 19.6. The number of hydrogen-bond acceptors (Lipinski definition) is 6. The minimum absolute atomic E-state index is 0.0713. The number of aromatic nitrogens is 1. The lowest BCUT2D eigenvalue weighted by Gasteiger charge is -2.42. The van der Waals surface area contributed by atoms with E-state index in [9.17, 15) is 9.59 Å². The van der Waals surface area contributed by atoms with Gasteiger partial charge >= 0.3 is 0 Å². The molecule has 0 saturated carbocycles. The van der Waals surface area contributed by atoms with Crippen LogP contribution in [0.4, 0.5) is 11.5 Å². The third kappa shape index (κ3) is 4.65. The normalized spacial score (nSPS) is 21.3. The highest BCUT2D eigenvalue weighted by Gasteiger charge is 2.35. The highest BCUT2D eigenvalue weighted by molar-refractivity contribution is 5.98. The molecule has 1 N–H and O–H groups in total. The summed E-state index contributed by atoms with van der Waals surface area (Å²) in [5, 5.41) is 6.54. The minimum Gasteiger partial charge on any atom is -0.360 e. The molecule has 1 aromatic heterocycles. The van der Waals surface area contributed by atoms with Crippen molar-refractivity contribution in [2.24, 2.45) is 0 Å². The van der Waals surface area contributed by atoms with E-state index in [0.717, 1.165) is 51.3 Å². The molecule has 4 rings (SSSR count). The fourth-order valence-electron chi connectivity index (χ4n) is 4.10. The number of rotatable bonds is 5. The Kier molecular flexibility index (Phi) is 5.92. The highest BCUT2D eigenvalue weighted by Crippen LogP contribution is 2.24. The molecular formula is C21H27N5O3. The first-order valence-electron chi connectivity index (χ1n) is 10.2. The van der Waals surface area contributed by atoms with Gasteiger partial charge in [-0.15, -0.1) is 0 Å². The van der Waals surface area contributed by atoms with Gasteiger partial charge in [0.2, 0.25) is 11.8 Å². The molecule has 0 radical (unpaired) electrons. The van der Waals surface area contributed by atoms with Gasteiger partial charge in [-0.05, 0) is 31.9 Å². The van der Waals surface area contributed by atoms with Crippen LogP contribution in [0.2, 0.25) is 0 Å². The van der Waals surface area contributed by atoms with E-state index in [-0.39, 0.29) is 17.9 Å². The first-order chi connectivity index (χ1) is 14.1. The molecule has 2 saturated heterocycles. The van der Waals surface area contributed by atoms with Gasteiger partial charge in [0.15, 0.2) is 5.82 Å². The number of anilines is 2. The third-order valence-electron chi connectivity index (χ3n) is 5.59. The van der Waals surface area contributed by atoms with E-state index in [1.54, 1.807) is 13.0 Å². The molecule has 0 spiro atoms. The van der Waals surface area contributed by atoms with Gasteiger partial charge in [-0.1, -0.05) is 23.4 Å². The zero-order valence-electron chi connectivity index (χ0n) is 16.7. The van der Waals surface area contributed by atoms with Gasteiger partial charge in [0.25, 0.3) is 0 Å². The van der Waals surface area contributed by atoms with Gasteiger partial charge in [-0.25, -0.2) is 0 Å². The van der Waals surface area contributed by atoms with Crippen LogP contribution in [-0.2, 0) is 9.59 Å². The molecule has 0 bridgehead atoms. The summed E-state index contributed by atoms with van der Waals surface area (Å²) < 4.78 is 4.97. The van der Waals surface area contributed by atoms with E-state index >= 15 is 0 Å². The van der Waals surface area contributed by atoms with Crippen molar-refractivity contribution in [2.45, 2.75) is 25.8 Å². The quantitative estimate of drug-likeness (QED) is 0.828. The van der Waals surface area contributed by atoms with Crippen LogP contribution in [0.25, 0.3) is 0 Å². The number of nitrogens with zero attached hydrogens (tertiary/aromatic N) is 4. The van der Waals surface area contributed by atoms with Crippen molar-refractivity contribution in [3.05, 3.63) is 42.2 Å². The third-order valence-corrected chi connectivity index (χ3v) is 5.59. The Morgan fingerprint density at radius 2 is 1.93 bits per heavy atom. The van der Waals surface area contributed by atoms with Crippen molar-refractivity contribution in [1.29, 1.82) is 0 Å². The van der Waals surface area contributed by atoms with Crippen LogP contribution in [0.5, 0.6) is 0 Å². The second-order valence-corrected chi connectivity index (χ2v) is 7.67. The molecule has 2 aliphatic rings. The molecule has 8 heteroatoms. The number of nitrogens with one attached hydrogen (secondary N) is 1. The van der Waals surface area contributed by atoms with Crippen LogP contribution in [0.3, 0.4) is 0 Å². The Labute approximate surface area is 170 Å². The average molecular weight is 397 g/mol. The molecule has 0 aliphatic carbocycles. The summed E-state index contributed by atoms with van der Waals surface area (Å²) in [7, 11) is 0. The summed E-state index contributed by atoms with van der Waals surface area (Å²) in [5.41, 5.74) is 0.973. The van der Waals surface area contributed by atoms with Crippen LogP contribution in [0.15, 0.2) is 40.9 Å². The van der Waals surface area contributed by atoms with Crippen molar-refractivity contribution in [3.8, 4) is 0 Å². The SMILES string of the molecule is Cc1cc(NC(=O)CN2CCN(C3CCCN(c4ccccc4)C3=O)CC2)no1. The van der Waals surface area contributed by atoms with Gasteiger partial charge < -0.3 is 14.7 Å². The van der Waals surface area contributed by atoms with Gasteiger partial charge in [0.05, 0.1) is 12.6 Å². The van der Waals surface area contributed by atoms with E-state index in [0.29, 0.717) is 18.1 Å². The predicted molar refractivity (Wildman–Crippen MR) is 110 cm³/mol. The largest absolute Gasteiger partial charge is 0.360 e. The molecular weight excluding hydrogens is 370 g/mol. The lowest BCUT2D eigenvalue weighted by molar-refractivity contribution is -0.127. The smallest absolute Gasteiger partial charge is 0.244 e. The van der Waals surface area contributed by atoms with E-state index in [1.807, 2.05) is 35.2 Å². The summed E-state index contributed by atoms with van der Waals surface area (Å²) >= 11 is 0. The number of hydrogen-bond donors (Lipinski definition) is 1. The van der Waals surface area contributed by atoms with E-state index < -0.39 is 0 Å². The summed E-state index contributed by atoms with van der Waals surface area (Å²) in [5.74, 6) is 1.20. The molecule has 154 valence electrons. The summed E-state index contributed by atoms with van der Waals surface area (Å²) in [6.07, 6.45) is 1.90. The molecule has 2 fully saturated rings. The molecule has 2 amide bonds. The number of amides is 2. The molecule has 8 nitrogen and oxygen atoms in total. The second kappa shape index (κ2) is 8.75. The number of piperidine rings is 1. The van der Waals surface area contributed by atoms with Crippen molar-refractivity contribution in [2.75, 3.05) is 49.5 Å². The van der Waals surface area contributed by atoms with Crippen LogP contribution in [-0.4, -0.2) is 72.1 Å². The van der Waals surface area contributed by atoms with Gasteiger partial charge in [0.1, 0.15) is 5.76 Å². The fraction of sp³-hybridized carbons (Fsp3) is 0.476. The Balaban J connectivity index is 1.28. The topological polar surface area (TPSA) is 81.9 Å². The standard InChI is InChI=1S/C21H27N5O3/c1-16-14-19(23-29-16)22-20(27)15-24-10-12-25(13-11-24)18-8-5-9-26(21(18)28)17-6-3-2-4-7-17/h2-4,6-7,14,18H,5,8-13,15H2,1H3,(H,22,23,27). The number of aryl methyl sites for hydroxylation is 1. The first-order valence-corrected chi connectivity index (χ1v) is 10.2. The minimum atomic E-state index is -0.101. The maximum atomic E-state index is 13.1. The summed E-state index contributed by atoms with van der Waals surface area (Å²) in [6, 6.07) is 11.5. The van der Waals surface area contributed by atoms with Crippen molar-refractivity contribution >= 4 is 23.3 Å². The molecule has 2 aromatic rings. The lowest BCUT2D eigenvalue weighted by Crippen LogP contribution is -2.58. The van der Waals surface area contributed by atoms with E-state index in [4.69, 9.17) is 4.52 Å². The molecule has 3 heterocycles. The van der Waals surface area contributed by atoms with Gasteiger partial charge in [-0.2, -0.15) is 0 Å². The number of carbonyl (C=O) groups excluding carboxylic acids is 2. The Hall–Kier alpha value is -2.71. The Morgan fingerprint density at radius 1 is 1.17 bits per heavy atom. The van der Waals surface area contributed by atoms with Crippen molar-refractivity contribution in [3.63, 3.8) is 0 Å². The maximum Gasteiger partial charge on any atom is 0.244 e. The lowest BCUT2D eigenvalue weighted by atomic mass is 10.0. The number of para-hydroxylation sites is 1. The van der Waals surface area contributed by atoms with Crippen molar-refractivity contribution < 1.29 is 14.1 Å². The summed E-state index contributed by atoms with van der Waals surface area (Å²) in [6.45, 7) is 5.98. The molecule has 2 aliphatic heterocycles. The monoisotopic (exact) mass is 397 g/mol. The van der Waals surface area contributed by atoms with E-state index in [2.05, 4.69) is 20.3 Å². The summed E-state index contributed by atoms with van der Waals surface area (Å²) in [4.78, 5) is 31.6. The van der Waals surface area contributed by atoms with Gasteiger partial charge in [-0.3, -0.25) is 19.4 Å². The zero-order valence-corrected chi connectivity index (χ0v) is 16.7. The van der Waals surface area contributed by atoms with E-state index in [1.165, 1.54) is 0 Å². The Bertz CT molecular complexity index is 845. The molecule has 29 heavy (non-hydrogen) atoms.